The Balaban J connectivity index is 2.18. The van der Waals surface area contributed by atoms with Crippen molar-refractivity contribution in [1.29, 1.82) is 0 Å². The highest BCUT2D eigenvalue weighted by Crippen LogP contribution is 2.33. The molecule has 0 saturated heterocycles. The molecule has 0 aliphatic carbocycles. The lowest BCUT2D eigenvalue weighted by molar-refractivity contribution is -0.114. The maximum absolute atomic E-state index is 11.4. The molecule has 0 aromatic heterocycles. The number of nitrogens with one attached hydrogen (secondary N) is 2. The number of carbonyl (C=O) groups excluding carboxylic acids is 2. The van der Waals surface area contributed by atoms with Gasteiger partial charge < -0.3 is 10.6 Å². The molecule has 1 aliphatic rings. The molecule has 4 nitrogen and oxygen atoms in total. The Labute approximate surface area is 103 Å². The Bertz CT molecular complexity index is 497. The molecule has 2 N–H and O–H groups in total. The predicted molar refractivity (Wildman–Crippen MR) is 69.2 cm³/mol. The summed E-state index contributed by atoms with van der Waals surface area (Å²) in [5, 5.41) is 5.50. The molecule has 1 aromatic rings. The molecule has 2 rings (SSSR count). The van der Waals surface area contributed by atoms with E-state index in [0.717, 1.165) is 10.6 Å². The Morgan fingerprint density at radius 3 is 3.12 bits per heavy atom. The Kier molecular flexibility index (Phi) is 3.49. The Morgan fingerprint density at radius 2 is 2.35 bits per heavy atom. The van der Waals surface area contributed by atoms with E-state index in [2.05, 4.69) is 10.6 Å². The van der Waals surface area contributed by atoms with Crippen LogP contribution in [0.1, 0.15) is 6.92 Å². The fourth-order valence-corrected chi connectivity index (χ4v) is 2.28. The van der Waals surface area contributed by atoms with Gasteiger partial charge in [0.2, 0.25) is 11.8 Å². The molecule has 0 bridgehead atoms. The first-order valence-corrected chi connectivity index (χ1v) is 6.18. The van der Waals surface area contributed by atoms with E-state index in [0.29, 0.717) is 11.4 Å². The molecule has 0 unspecified atom stereocenters. The van der Waals surface area contributed by atoms with E-state index in [4.69, 9.17) is 0 Å². The van der Waals surface area contributed by atoms with Crippen molar-refractivity contribution in [1.82, 2.24) is 0 Å². The summed E-state index contributed by atoms with van der Waals surface area (Å²) < 4.78 is 0. The number of anilines is 2. The number of allylic oxidation sites excluding steroid dienone is 1. The average molecular weight is 248 g/mol. The van der Waals surface area contributed by atoms with E-state index in [1.807, 2.05) is 12.1 Å². The standard InChI is InChI=1S/C12H12N2O2S/c1-2-3-11(15)13-8-4-5-10-9(6-8)14-12(16)7-17-10/h2-6H,7H2,1H3,(H,13,15)(H,14,16). The maximum atomic E-state index is 11.4. The molecule has 1 aromatic carbocycles. The van der Waals surface area contributed by atoms with Gasteiger partial charge in [-0.05, 0) is 31.2 Å². The van der Waals surface area contributed by atoms with Gasteiger partial charge in [-0.1, -0.05) is 6.08 Å². The normalized spacial score (nSPS) is 14.3. The number of hydrogen-bond donors (Lipinski definition) is 2. The lowest BCUT2D eigenvalue weighted by atomic mass is 10.2. The first-order valence-electron chi connectivity index (χ1n) is 5.19. The number of amides is 2. The van der Waals surface area contributed by atoms with E-state index >= 15 is 0 Å². The van der Waals surface area contributed by atoms with Crippen LogP contribution < -0.4 is 10.6 Å². The second-order valence-electron chi connectivity index (χ2n) is 3.54. The summed E-state index contributed by atoms with van der Waals surface area (Å²) in [7, 11) is 0. The summed E-state index contributed by atoms with van der Waals surface area (Å²) in [6.45, 7) is 1.78. The van der Waals surface area contributed by atoms with Gasteiger partial charge >= 0.3 is 0 Å². The molecule has 5 heteroatoms. The Morgan fingerprint density at radius 1 is 1.53 bits per heavy atom. The van der Waals surface area contributed by atoms with Crippen molar-refractivity contribution in [2.75, 3.05) is 16.4 Å². The molecule has 0 spiro atoms. The van der Waals surface area contributed by atoms with Crippen LogP contribution >= 0.6 is 11.8 Å². The van der Waals surface area contributed by atoms with Crippen LogP contribution in [0.3, 0.4) is 0 Å². The maximum Gasteiger partial charge on any atom is 0.248 e. The molecule has 0 radical (unpaired) electrons. The summed E-state index contributed by atoms with van der Waals surface area (Å²) in [6.07, 6.45) is 3.12. The van der Waals surface area contributed by atoms with Crippen LogP contribution in [0.15, 0.2) is 35.2 Å². The van der Waals surface area contributed by atoms with Gasteiger partial charge in [-0.15, -0.1) is 11.8 Å². The van der Waals surface area contributed by atoms with Crippen molar-refractivity contribution < 1.29 is 9.59 Å². The largest absolute Gasteiger partial charge is 0.324 e. The lowest BCUT2D eigenvalue weighted by Gasteiger charge is -2.17. The van der Waals surface area contributed by atoms with Crippen LogP contribution in [-0.4, -0.2) is 17.6 Å². The summed E-state index contributed by atoms with van der Waals surface area (Å²) in [4.78, 5) is 23.6. The zero-order valence-corrected chi connectivity index (χ0v) is 10.1. The molecular formula is C12H12N2O2S. The predicted octanol–water partition coefficient (Wildman–Crippen LogP) is 2.25. The first-order chi connectivity index (χ1) is 8.19. The minimum Gasteiger partial charge on any atom is -0.324 e. The monoisotopic (exact) mass is 248 g/mol. The van der Waals surface area contributed by atoms with Crippen molar-refractivity contribution in [3.05, 3.63) is 30.4 Å². The molecular weight excluding hydrogens is 236 g/mol. The van der Waals surface area contributed by atoms with Crippen LogP contribution in [0.4, 0.5) is 11.4 Å². The third kappa shape index (κ3) is 2.88. The lowest BCUT2D eigenvalue weighted by Crippen LogP contribution is -2.19. The summed E-state index contributed by atoms with van der Waals surface area (Å²) in [5.74, 6) is 0.249. The number of rotatable bonds is 2. The van der Waals surface area contributed by atoms with Crippen molar-refractivity contribution in [3.8, 4) is 0 Å². The second kappa shape index (κ2) is 5.05. The smallest absolute Gasteiger partial charge is 0.248 e. The topological polar surface area (TPSA) is 58.2 Å². The van der Waals surface area contributed by atoms with E-state index in [9.17, 15) is 9.59 Å². The van der Waals surface area contributed by atoms with Crippen LogP contribution in [0.5, 0.6) is 0 Å². The highest BCUT2D eigenvalue weighted by Gasteiger charge is 2.15. The number of thioether (sulfide) groups is 1. The van der Waals surface area contributed by atoms with E-state index in [-0.39, 0.29) is 11.8 Å². The summed E-state index contributed by atoms with van der Waals surface area (Å²) >= 11 is 1.50. The quantitative estimate of drug-likeness (QED) is 0.789. The Hall–Kier alpha value is -1.75. The number of benzene rings is 1. The van der Waals surface area contributed by atoms with Gasteiger partial charge in [0.1, 0.15) is 0 Å². The minimum atomic E-state index is -0.178. The van der Waals surface area contributed by atoms with Crippen molar-refractivity contribution in [2.24, 2.45) is 0 Å². The average Bonchev–Trinajstić information content (AvgIpc) is 2.28. The van der Waals surface area contributed by atoms with Gasteiger partial charge in [-0.3, -0.25) is 9.59 Å². The van der Waals surface area contributed by atoms with Gasteiger partial charge in [0.15, 0.2) is 0 Å². The van der Waals surface area contributed by atoms with Gasteiger partial charge in [0.25, 0.3) is 0 Å². The van der Waals surface area contributed by atoms with Crippen LogP contribution in [0.2, 0.25) is 0 Å². The highest BCUT2D eigenvalue weighted by atomic mass is 32.2. The minimum absolute atomic E-state index is 0.0144. The zero-order chi connectivity index (χ0) is 12.3. The van der Waals surface area contributed by atoms with Gasteiger partial charge in [-0.25, -0.2) is 0 Å². The number of carbonyl (C=O) groups is 2. The third-order valence-corrected chi connectivity index (χ3v) is 3.27. The molecule has 0 fully saturated rings. The summed E-state index contributed by atoms with van der Waals surface area (Å²) in [6, 6.07) is 5.48. The van der Waals surface area contributed by atoms with Crippen molar-refractivity contribution in [3.63, 3.8) is 0 Å². The SMILES string of the molecule is CC=CC(=O)Nc1ccc2c(c1)NC(=O)CS2. The molecule has 17 heavy (non-hydrogen) atoms. The van der Waals surface area contributed by atoms with Crippen LogP contribution in [0.25, 0.3) is 0 Å². The molecule has 0 saturated carbocycles. The first kappa shape index (κ1) is 11.7. The molecule has 1 aliphatic heterocycles. The fourth-order valence-electron chi connectivity index (χ4n) is 1.50. The number of hydrogen-bond acceptors (Lipinski definition) is 3. The van der Waals surface area contributed by atoms with E-state index in [1.54, 1.807) is 19.1 Å². The van der Waals surface area contributed by atoms with Crippen molar-refractivity contribution in [2.45, 2.75) is 11.8 Å². The second-order valence-corrected chi connectivity index (χ2v) is 4.55. The summed E-state index contributed by atoms with van der Waals surface area (Å²) in [5.41, 5.74) is 1.43. The third-order valence-electron chi connectivity index (χ3n) is 2.20. The molecule has 2 amide bonds. The fraction of sp³-hybridized carbons (Fsp3) is 0.167. The highest BCUT2D eigenvalue weighted by molar-refractivity contribution is 8.00. The van der Waals surface area contributed by atoms with Gasteiger partial charge in [0, 0.05) is 10.6 Å². The van der Waals surface area contributed by atoms with Gasteiger partial charge in [0.05, 0.1) is 11.4 Å². The zero-order valence-electron chi connectivity index (χ0n) is 9.32. The van der Waals surface area contributed by atoms with Crippen LogP contribution in [-0.2, 0) is 9.59 Å². The van der Waals surface area contributed by atoms with Crippen molar-refractivity contribution >= 4 is 35.0 Å². The van der Waals surface area contributed by atoms with Crippen LogP contribution in [0, 0.1) is 0 Å². The number of fused-ring (bicyclic) bond motifs is 1. The van der Waals surface area contributed by atoms with E-state index < -0.39 is 0 Å². The molecule has 1 heterocycles. The van der Waals surface area contributed by atoms with E-state index in [1.165, 1.54) is 17.8 Å². The molecule has 0 atom stereocenters. The molecule has 88 valence electrons. The van der Waals surface area contributed by atoms with Gasteiger partial charge in [-0.2, -0.15) is 0 Å².